The maximum absolute atomic E-state index is 6.27. The van der Waals surface area contributed by atoms with Crippen molar-refractivity contribution < 1.29 is 4.74 Å². The molecular formula is C30H19N5O. The Morgan fingerprint density at radius 3 is 2.33 bits per heavy atom. The first-order valence-corrected chi connectivity index (χ1v) is 11.5. The van der Waals surface area contributed by atoms with Gasteiger partial charge in [0.15, 0.2) is 11.3 Å². The van der Waals surface area contributed by atoms with Gasteiger partial charge < -0.3 is 4.74 Å². The van der Waals surface area contributed by atoms with Crippen molar-refractivity contribution in [2.24, 2.45) is 0 Å². The lowest BCUT2D eigenvalue weighted by Gasteiger charge is -2.12. The molecule has 4 heterocycles. The van der Waals surface area contributed by atoms with E-state index in [1.807, 2.05) is 91.0 Å². The van der Waals surface area contributed by atoms with Crippen LogP contribution in [0.4, 0.5) is 0 Å². The van der Waals surface area contributed by atoms with Crippen LogP contribution in [-0.2, 0) is 6.61 Å². The molecule has 0 fully saturated rings. The first-order valence-electron chi connectivity index (χ1n) is 11.5. The second-order valence-electron chi connectivity index (χ2n) is 8.03. The summed E-state index contributed by atoms with van der Waals surface area (Å²) in [5, 5.41) is 1.00. The number of nitrogens with zero attached hydrogens (tertiary/aromatic N) is 5. The van der Waals surface area contributed by atoms with Crippen LogP contribution in [0.25, 0.3) is 33.5 Å². The molecule has 4 aromatic heterocycles. The third-order valence-electron chi connectivity index (χ3n) is 5.60. The van der Waals surface area contributed by atoms with E-state index in [-0.39, 0.29) is 6.61 Å². The standard InChI is InChI=1S/C30H19N5O/c1-2-9-21(10-3-1)15-16-27-30(35-26-14-8-18-32-29(26)34-27)36-20-22-19-28(25-13-6-7-17-31-25)33-24-12-5-4-11-23(22)24/h1-14,17-19H,20H2. The van der Waals surface area contributed by atoms with Crippen LogP contribution < -0.4 is 4.74 Å². The number of hydrogen-bond acceptors (Lipinski definition) is 6. The van der Waals surface area contributed by atoms with Crippen LogP contribution in [0.2, 0.25) is 0 Å². The van der Waals surface area contributed by atoms with E-state index in [0.717, 1.165) is 33.4 Å². The normalized spacial score (nSPS) is 10.7. The van der Waals surface area contributed by atoms with E-state index in [0.29, 0.717) is 22.7 Å². The second kappa shape index (κ2) is 9.61. The van der Waals surface area contributed by atoms with Gasteiger partial charge in [-0.1, -0.05) is 48.4 Å². The number of benzene rings is 2. The fourth-order valence-corrected chi connectivity index (χ4v) is 3.87. The highest BCUT2D eigenvalue weighted by molar-refractivity contribution is 5.84. The molecule has 6 rings (SSSR count). The average Bonchev–Trinajstić information content (AvgIpc) is 2.95. The van der Waals surface area contributed by atoms with E-state index >= 15 is 0 Å². The maximum atomic E-state index is 6.27. The van der Waals surface area contributed by atoms with Gasteiger partial charge in [0.25, 0.3) is 0 Å². The molecule has 0 atom stereocenters. The fraction of sp³-hybridized carbons (Fsp3) is 0.0333. The van der Waals surface area contributed by atoms with E-state index in [4.69, 9.17) is 9.72 Å². The van der Waals surface area contributed by atoms with E-state index in [1.165, 1.54) is 0 Å². The van der Waals surface area contributed by atoms with Crippen LogP contribution in [0.15, 0.2) is 103 Å². The zero-order valence-electron chi connectivity index (χ0n) is 19.2. The van der Waals surface area contributed by atoms with Crippen molar-refractivity contribution in [3.63, 3.8) is 0 Å². The van der Waals surface area contributed by atoms with Gasteiger partial charge in [0.2, 0.25) is 5.88 Å². The van der Waals surface area contributed by atoms with Gasteiger partial charge in [0.05, 0.1) is 16.9 Å². The minimum atomic E-state index is 0.267. The van der Waals surface area contributed by atoms with Crippen LogP contribution in [0.1, 0.15) is 16.8 Å². The summed E-state index contributed by atoms with van der Waals surface area (Å²) >= 11 is 0. The predicted octanol–water partition coefficient (Wildman–Crippen LogP) is 5.61. The Hall–Kier alpha value is -5.15. The number of fused-ring (bicyclic) bond motifs is 2. The Balaban J connectivity index is 1.40. The summed E-state index contributed by atoms with van der Waals surface area (Å²) in [5.74, 6) is 6.63. The molecule has 0 N–H and O–H groups in total. The lowest BCUT2D eigenvalue weighted by atomic mass is 10.1. The number of aromatic nitrogens is 5. The minimum Gasteiger partial charge on any atom is -0.471 e. The number of ether oxygens (including phenoxy) is 1. The van der Waals surface area contributed by atoms with Gasteiger partial charge in [0, 0.05) is 28.9 Å². The second-order valence-corrected chi connectivity index (χ2v) is 8.03. The van der Waals surface area contributed by atoms with Gasteiger partial charge >= 0.3 is 0 Å². The first-order chi connectivity index (χ1) is 17.8. The zero-order chi connectivity index (χ0) is 24.2. The lowest BCUT2D eigenvalue weighted by Crippen LogP contribution is -2.04. The Labute approximate surface area is 207 Å². The monoisotopic (exact) mass is 465 g/mol. The van der Waals surface area contributed by atoms with Crippen molar-refractivity contribution in [1.82, 2.24) is 24.9 Å². The molecule has 6 aromatic rings. The predicted molar refractivity (Wildman–Crippen MR) is 139 cm³/mol. The largest absolute Gasteiger partial charge is 0.471 e. The highest BCUT2D eigenvalue weighted by Gasteiger charge is 2.13. The number of rotatable bonds is 4. The summed E-state index contributed by atoms with van der Waals surface area (Å²) in [7, 11) is 0. The van der Waals surface area contributed by atoms with E-state index in [2.05, 4.69) is 31.8 Å². The number of para-hydroxylation sites is 1. The number of hydrogen-bond donors (Lipinski definition) is 0. The quantitative estimate of drug-likeness (QED) is 0.315. The molecule has 0 amide bonds. The van der Waals surface area contributed by atoms with Gasteiger partial charge in [-0.2, -0.15) is 0 Å². The smallest absolute Gasteiger partial charge is 0.250 e. The molecule has 6 nitrogen and oxygen atoms in total. The molecule has 0 bridgehead atoms. The van der Waals surface area contributed by atoms with Gasteiger partial charge in [-0.25, -0.2) is 19.9 Å². The van der Waals surface area contributed by atoms with Crippen molar-refractivity contribution in [3.8, 4) is 29.1 Å². The maximum Gasteiger partial charge on any atom is 0.250 e. The van der Waals surface area contributed by atoms with E-state index < -0.39 is 0 Å². The fourth-order valence-electron chi connectivity index (χ4n) is 3.87. The Kier molecular flexibility index (Phi) is 5.71. The van der Waals surface area contributed by atoms with Gasteiger partial charge in [-0.05, 0) is 54.5 Å². The van der Waals surface area contributed by atoms with Crippen molar-refractivity contribution >= 4 is 22.1 Å². The highest BCUT2D eigenvalue weighted by atomic mass is 16.5. The first kappa shape index (κ1) is 21.4. The van der Waals surface area contributed by atoms with Crippen LogP contribution >= 0.6 is 0 Å². The molecule has 0 unspecified atom stereocenters. The molecule has 0 spiro atoms. The van der Waals surface area contributed by atoms with Crippen LogP contribution in [0, 0.1) is 11.8 Å². The van der Waals surface area contributed by atoms with Crippen molar-refractivity contribution in [1.29, 1.82) is 0 Å². The zero-order valence-corrected chi connectivity index (χ0v) is 19.2. The Morgan fingerprint density at radius 1 is 0.639 bits per heavy atom. The Morgan fingerprint density at radius 2 is 1.44 bits per heavy atom. The lowest BCUT2D eigenvalue weighted by molar-refractivity contribution is 0.294. The van der Waals surface area contributed by atoms with Crippen molar-refractivity contribution in [2.45, 2.75) is 6.61 Å². The van der Waals surface area contributed by atoms with Crippen molar-refractivity contribution in [2.75, 3.05) is 0 Å². The third-order valence-corrected chi connectivity index (χ3v) is 5.60. The number of pyridine rings is 3. The molecule has 170 valence electrons. The van der Waals surface area contributed by atoms with Crippen LogP contribution in [0.5, 0.6) is 5.88 Å². The summed E-state index contributed by atoms with van der Waals surface area (Å²) in [6.07, 6.45) is 3.45. The average molecular weight is 466 g/mol. The molecule has 36 heavy (non-hydrogen) atoms. The topological polar surface area (TPSA) is 73.7 Å². The summed E-state index contributed by atoms with van der Waals surface area (Å²) in [6, 6.07) is 29.2. The molecular weight excluding hydrogens is 446 g/mol. The summed E-state index contributed by atoms with van der Waals surface area (Å²) < 4.78 is 6.27. The van der Waals surface area contributed by atoms with Crippen LogP contribution in [0.3, 0.4) is 0 Å². The van der Waals surface area contributed by atoms with Crippen LogP contribution in [-0.4, -0.2) is 24.9 Å². The summed E-state index contributed by atoms with van der Waals surface area (Å²) in [4.78, 5) is 22.9. The molecule has 0 saturated carbocycles. The Bertz CT molecular complexity index is 1740. The minimum absolute atomic E-state index is 0.267. The molecule has 0 aliphatic rings. The molecule has 2 aromatic carbocycles. The van der Waals surface area contributed by atoms with Gasteiger partial charge in [-0.3, -0.25) is 4.98 Å². The van der Waals surface area contributed by atoms with Gasteiger partial charge in [-0.15, -0.1) is 0 Å². The summed E-state index contributed by atoms with van der Waals surface area (Å²) in [6.45, 7) is 0.267. The van der Waals surface area contributed by atoms with Crippen molar-refractivity contribution in [3.05, 3.63) is 120 Å². The third kappa shape index (κ3) is 4.46. The highest BCUT2D eigenvalue weighted by Crippen LogP contribution is 2.26. The van der Waals surface area contributed by atoms with E-state index in [9.17, 15) is 0 Å². The molecule has 0 radical (unpaired) electrons. The molecule has 0 saturated heterocycles. The summed E-state index contributed by atoms with van der Waals surface area (Å²) in [5.41, 5.74) is 5.91. The molecule has 0 aliphatic heterocycles. The van der Waals surface area contributed by atoms with Gasteiger partial charge in [0.1, 0.15) is 12.1 Å². The van der Waals surface area contributed by atoms with E-state index in [1.54, 1.807) is 12.4 Å². The molecule has 6 heteroatoms. The molecule has 0 aliphatic carbocycles. The SMILES string of the molecule is C(#Cc1nc2ncccc2nc1OCc1cc(-c2ccccn2)nc2ccccc12)c1ccccc1.